The number of aromatic nitrogens is 2. The molecule has 0 radical (unpaired) electrons. The molecule has 7 heteroatoms. The summed E-state index contributed by atoms with van der Waals surface area (Å²) in [7, 11) is 0. The molecule has 0 aliphatic rings. The van der Waals surface area contributed by atoms with Crippen LogP contribution >= 0.6 is 11.3 Å². The first-order valence-corrected chi connectivity index (χ1v) is 9.62. The molecule has 0 spiro atoms. The Hall–Kier alpha value is -2.80. The van der Waals surface area contributed by atoms with Gasteiger partial charge in [-0.05, 0) is 35.9 Å². The van der Waals surface area contributed by atoms with Crippen molar-refractivity contribution in [2.75, 3.05) is 5.32 Å². The van der Waals surface area contributed by atoms with Crippen LogP contribution in [0.2, 0.25) is 0 Å². The largest absolute Gasteiger partial charge is 0.330 e. The third kappa shape index (κ3) is 4.14. The van der Waals surface area contributed by atoms with Crippen LogP contribution < -0.4 is 16.3 Å². The van der Waals surface area contributed by atoms with Gasteiger partial charge in [0.15, 0.2) is 0 Å². The van der Waals surface area contributed by atoms with Gasteiger partial charge in [-0.1, -0.05) is 39.0 Å². The lowest BCUT2D eigenvalue weighted by Gasteiger charge is -2.31. The Kier molecular flexibility index (Phi) is 5.23. The zero-order valence-electron chi connectivity index (χ0n) is 15.9. The Bertz CT molecular complexity index is 980. The van der Waals surface area contributed by atoms with Gasteiger partial charge in [0.05, 0.1) is 17.4 Å². The van der Waals surface area contributed by atoms with E-state index in [0.29, 0.717) is 11.4 Å². The molecule has 0 aliphatic carbocycles. The lowest BCUT2D eigenvalue weighted by atomic mass is 9.86. The molecule has 2 aromatic heterocycles. The van der Waals surface area contributed by atoms with E-state index in [4.69, 9.17) is 0 Å². The normalized spacial score (nSPS) is 12.6. The van der Waals surface area contributed by atoms with Crippen LogP contribution in [0.15, 0.2) is 52.8 Å². The number of benzene rings is 1. The van der Waals surface area contributed by atoms with Crippen molar-refractivity contribution in [3.8, 4) is 5.69 Å². The summed E-state index contributed by atoms with van der Waals surface area (Å²) in [6, 6.07) is 10.8. The number of hydrogen-bond acceptors (Lipinski definition) is 3. The molecule has 0 saturated carbocycles. The molecule has 142 valence electrons. The van der Waals surface area contributed by atoms with Gasteiger partial charge in [-0.25, -0.2) is 9.59 Å². The fraction of sp³-hybridized carbons (Fsp3) is 0.300. The molecule has 3 N–H and O–H groups in total. The van der Waals surface area contributed by atoms with Crippen LogP contribution in [0.25, 0.3) is 5.69 Å². The third-order valence-corrected chi connectivity index (χ3v) is 5.26. The monoisotopic (exact) mass is 384 g/mol. The minimum Gasteiger partial charge on any atom is -0.330 e. The van der Waals surface area contributed by atoms with Gasteiger partial charge in [0.2, 0.25) is 0 Å². The molecule has 6 nitrogen and oxygen atoms in total. The number of thiophene rings is 1. The van der Waals surface area contributed by atoms with E-state index < -0.39 is 0 Å². The standard InChI is InChI=1S/C20H24N4O2S/c1-13-12-21-19(26)24(13)15-9-6-5-8-14(15)22-18(25)23-17(20(2,3)4)16-10-7-11-27-16/h5-12,17H,1-4H3,(H,21,26)(H2,22,23,25). The number of anilines is 1. The van der Waals surface area contributed by atoms with Crippen LogP contribution in [0.5, 0.6) is 0 Å². The van der Waals surface area contributed by atoms with Crippen LogP contribution in [-0.2, 0) is 0 Å². The third-order valence-electron chi connectivity index (χ3n) is 4.32. The second kappa shape index (κ2) is 7.44. The predicted octanol–water partition coefficient (Wildman–Crippen LogP) is 4.44. The van der Waals surface area contributed by atoms with Gasteiger partial charge in [0, 0.05) is 16.8 Å². The zero-order valence-corrected chi connectivity index (χ0v) is 16.7. The van der Waals surface area contributed by atoms with Gasteiger partial charge < -0.3 is 15.6 Å². The van der Waals surface area contributed by atoms with Gasteiger partial charge in [-0.3, -0.25) is 4.57 Å². The molecule has 0 saturated heterocycles. The highest BCUT2D eigenvalue weighted by atomic mass is 32.1. The highest BCUT2D eigenvalue weighted by Crippen LogP contribution is 2.35. The number of para-hydroxylation sites is 2. The maximum atomic E-state index is 12.7. The highest BCUT2D eigenvalue weighted by Gasteiger charge is 2.29. The summed E-state index contributed by atoms with van der Waals surface area (Å²) in [5, 5.41) is 7.98. The molecule has 1 atom stereocenters. The van der Waals surface area contributed by atoms with E-state index in [9.17, 15) is 9.59 Å². The van der Waals surface area contributed by atoms with Crippen LogP contribution in [0.3, 0.4) is 0 Å². The van der Waals surface area contributed by atoms with Gasteiger partial charge in [0.1, 0.15) is 0 Å². The molecule has 2 heterocycles. The minimum atomic E-state index is -0.308. The lowest BCUT2D eigenvalue weighted by Crippen LogP contribution is -2.39. The van der Waals surface area contributed by atoms with E-state index in [2.05, 4.69) is 36.4 Å². The Balaban J connectivity index is 1.86. The molecular weight excluding hydrogens is 360 g/mol. The van der Waals surface area contributed by atoms with Gasteiger partial charge in [-0.15, -0.1) is 11.3 Å². The van der Waals surface area contributed by atoms with Crippen molar-refractivity contribution in [1.82, 2.24) is 14.9 Å². The first-order valence-electron chi connectivity index (χ1n) is 8.74. The van der Waals surface area contributed by atoms with E-state index in [1.54, 1.807) is 29.7 Å². The summed E-state index contributed by atoms with van der Waals surface area (Å²) in [5.41, 5.74) is 1.57. The van der Waals surface area contributed by atoms with E-state index in [0.717, 1.165) is 10.6 Å². The van der Waals surface area contributed by atoms with Crippen molar-refractivity contribution < 1.29 is 4.79 Å². The first-order chi connectivity index (χ1) is 12.8. The summed E-state index contributed by atoms with van der Waals surface area (Å²) < 4.78 is 1.54. The SMILES string of the molecule is Cc1c[nH]c(=O)n1-c1ccccc1NC(=O)NC(c1cccs1)C(C)(C)C. The number of urea groups is 1. The predicted molar refractivity (Wildman–Crippen MR) is 110 cm³/mol. The number of amides is 2. The van der Waals surface area contributed by atoms with Crippen molar-refractivity contribution in [2.24, 2.45) is 5.41 Å². The summed E-state index contributed by atoms with van der Waals surface area (Å²) in [4.78, 5) is 28.6. The number of imidazole rings is 1. The number of carbonyl (C=O) groups is 1. The Morgan fingerprint density at radius 3 is 2.52 bits per heavy atom. The number of aromatic amines is 1. The van der Waals surface area contributed by atoms with Crippen molar-refractivity contribution in [3.05, 3.63) is 69.0 Å². The van der Waals surface area contributed by atoms with Gasteiger partial charge in [0.25, 0.3) is 0 Å². The molecule has 0 aliphatic heterocycles. The summed E-state index contributed by atoms with van der Waals surface area (Å²) in [5.74, 6) is 0. The van der Waals surface area contributed by atoms with Crippen LogP contribution in [0, 0.1) is 12.3 Å². The second-order valence-corrected chi connectivity index (χ2v) is 8.48. The Morgan fingerprint density at radius 2 is 1.93 bits per heavy atom. The highest BCUT2D eigenvalue weighted by molar-refractivity contribution is 7.10. The number of H-pyrrole nitrogens is 1. The summed E-state index contributed by atoms with van der Waals surface area (Å²) in [6.45, 7) is 8.11. The molecule has 27 heavy (non-hydrogen) atoms. The van der Waals surface area contributed by atoms with Crippen molar-refractivity contribution in [3.63, 3.8) is 0 Å². The van der Waals surface area contributed by atoms with E-state index in [1.165, 1.54) is 4.57 Å². The zero-order chi connectivity index (χ0) is 19.6. The minimum absolute atomic E-state index is 0.124. The van der Waals surface area contributed by atoms with Crippen LogP contribution in [0.4, 0.5) is 10.5 Å². The maximum absolute atomic E-state index is 12.7. The van der Waals surface area contributed by atoms with Gasteiger partial charge in [-0.2, -0.15) is 0 Å². The molecule has 3 aromatic rings. The van der Waals surface area contributed by atoms with Crippen LogP contribution in [0.1, 0.15) is 37.4 Å². The lowest BCUT2D eigenvalue weighted by molar-refractivity contribution is 0.230. The molecule has 0 bridgehead atoms. The molecule has 1 aromatic carbocycles. The first kappa shape index (κ1) is 19.0. The number of nitrogens with one attached hydrogen (secondary N) is 3. The van der Waals surface area contributed by atoms with Gasteiger partial charge >= 0.3 is 11.7 Å². The summed E-state index contributed by atoms with van der Waals surface area (Å²) in [6.07, 6.45) is 1.64. The molecule has 2 amide bonds. The van der Waals surface area contributed by atoms with E-state index in [1.807, 2.05) is 36.6 Å². The fourth-order valence-corrected chi connectivity index (χ4v) is 4.01. The topological polar surface area (TPSA) is 78.9 Å². The maximum Gasteiger partial charge on any atom is 0.330 e. The smallest absolute Gasteiger partial charge is 0.330 e. The Labute approximate surface area is 162 Å². The van der Waals surface area contributed by atoms with E-state index >= 15 is 0 Å². The van der Waals surface area contributed by atoms with E-state index in [-0.39, 0.29) is 23.2 Å². The van der Waals surface area contributed by atoms with Crippen LogP contribution in [-0.4, -0.2) is 15.6 Å². The fourth-order valence-electron chi connectivity index (χ4n) is 2.99. The number of rotatable bonds is 4. The summed E-state index contributed by atoms with van der Waals surface area (Å²) >= 11 is 1.62. The average Bonchev–Trinajstić information content (AvgIpc) is 3.23. The number of hydrogen-bond donors (Lipinski definition) is 3. The second-order valence-electron chi connectivity index (χ2n) is 7.50. The Morgan fingerprint density at radius 1 is 1.19 bits per heavy atom. The molecule has 1 unspecified atom stereocenters. The van der Waals surface area contributed by atoms with Crippen molar-refractivity contribution in [2.45, 2.75) is 33.7 Å². The van der Waals surface area contributed by atoms with Crippen molar-refractivity contribution in [1.29, 1.82) is 0 Å². The molecule has 0 fully saturated rings. The average molecular weight is 385 g/mol. The number of carbonyl (C=O) groups excluding carboxylic acids is 1. The van der Waals surface area contributed by atoms with Crippen molar-refractivity contribution >= 4 is 23.1 Å². The number of nitrogens with zero attached hydrogens (tertiary/aromatic N) is 1. The molecule has 3 rings (SSSR count). The molecular formula is C20H24N4O2S. The number of aryl methyl sites for hydroxylation is 1. The quantitative estimate of drug-likeness (QED) is 0.621.